The molecule has 3 N–H and O–H groups in total. The molecule has 2 aliphatic heterocycles. The minimum absolute atomic E-state index is 0.0313. The van der Waals surface area contributed by atoms with Crippen molar-refractivity contribution in [3.05, 3.63) is 0 Å². The molecule has 2 aliphatic rings. The van der Waals surface area contributed by atoms with Crippen LogP contribution in [0.4, 0.5) is 4.79 Å². The highest BCUT2D eigenvalue weighted by molar-refractivity contribution is 5.67. The van der Waals surface area contributed by atoms with Crippen molar-refractivity contribution in [1.29, 1.82) is 0 Å². The summed E-state index contributed by atoms with van der Waals surface area (Å²) in [5, 5.41) is 21.4. The molecule has 2 fully saturated rings. The standard InChI is InChI=1S/C7H12N2O3/c10-6-1-4-2-8-3-5(6)9(4)7(11)12/h4-6,8,10H,1-3H2,(H,11,12)/t4-,5-,6+/m1/s1. The second-order valence-electron chi connectivity index (χ2n) is 3.37. The number of nitrogens with zero attached hydrogens (tertiary/aromatic N) is 1. The van der Waals surface area contributed by atoms with Gasteiger partial charge in [-0.15, -0.1) is 0 Å². The minimum Gasteiger partial charge on any atom is -0.465 e. The van der Waals surface area contributed by atoms with E-state index in [1.165, 1.54) is 4.90 Å². The van der Waals surface area contributed by atoms with Gasteiger partial charge >= 0.3 is 6.09 Å². The minimum atomic E-state index is -0.914. The summed E-state index contributed by atoms with van der Waals surface area (Å²) in [5.74, 6) is 0. The number of carbonyl (C=O) groups is 1. The Morgan fingerprint density at radius 2 is 2.25 bits per heavy atom. The van der Waals surface area contributed by atoms with Crippen LogP contribution in [0, 0.1) is 0 Å². The fraction of sp³-hybridized carbons (Fsp3) is 0.857. The maximum absolute atomic E-state index is 10.7. The van der Waals surface area contributed by atoms with Crippen LogP contribution in [0.15, 0.2) is 0 Å². The van der Waals surface area contributed by atoms with Gasteiger partial charge in [-0.05, 0) is 6.42 Å². The van der Waals surface area contributed by atoms with Gasteiger partial charge in [0, 0.05) is 13.1 Å². The molecule has 0 aromatic heterocycles. The molecule has 2 heterocycles. The summed E-state index contributed by atoms with van der Waals surface area (Å²) >= 11 is 0. The van der Waals surface area contributed by atoms with Crippen molar-refractivity contribution in [3.63, 3.8) is 0 Å². The van der Waals surface area contributed by atoms with Crippen LogP contribution >= 0.6 is 0 Å². The van der Waals surface area contributed by atoms with Crippen LogP contribution in [0.25, 0.3) is 0 Å². The molecule has 12 heavy (non-hydrogen) atoms. The predicted molar refractivity (Wildman–Crippen MR) is 40.9 cm³/mol. The number of carboxylic acid groups (broad SMARTS) is 1. The van der Waals surface area contributed by atoms with Crippen molar-refractivity contribution in [1.82, 2.24) is 10.2 Å². The summed E-state index contributed by atoms with van der Waals surface area (Å²) in [6.45, 7) is 1.24. The van der Waals surface area contributed by atoms with Crippen LogP contribution in [-0.4, -0.2) is 52.5 Å². The van der Waals surface area contributed by atoms with Gasteiger partial charge in [0.25, 0.3) is 0 Å². The highest BCUT2D eigenvalue weighted by Gasteiger charge is 2.45. The Balaban J connectivity index is 2.19. The number of nitrogens with one attached hydrogen (secondary N) is 1. The zero-order valence-electron chi connectivity index (χ0n) is 6.60. The van der Waals surface area contributed by atoms with Gasteiger partial charge in [0.15, 0.2) is 0 Å². The topological polar surface area (TPSA) is 72.8 Å². The maximum Gasteiger partial charge on any atom is 0.407 e. The number of hydrogen-bond acceptors (Lipinski definition) is 3. The van der Waals surface area contributed by atoms with Gasteiger partial charge < -0.3 is 15.5 Å². The number of hydrogen-bond donors (Lipinski definition) is 3. The van der Waals surface area contributed by atoms with Crippen LogP contribution < -0.4 is 5.32 Å². The molecule has 2 bridgehead atoms. The molecule has 2 rings (SSSR count). The Morgan fingerprint density at radius 1 is 1.50 bits per heavy atom. The molecule has 3 atom stereocenters. The molecule has 2 saturated heterocycles. The van der Waals surface area contributed by atoms with Gasteiger partial charge in [0.1, 0.15) is 0 Å². The monoisotopic (exact) mass is 172 g/mol. The van der Waals surface area contributed by atoms with E-state index in [4.69, 9.17) is 5.11 Å². The Labute approximate surface area is 70.0 Å². The summed E-state index contributed by atoms with van der Waals surface area (Å²) in [5.41, 5.74) is 0. The Morgan fingerprint density at radius 3 is 2.75 bits per heavy atom. The quantitative estimate of drug-likeness (QED) is 0.441. The first-order chi connectivity index (χ1) is 5.70. The lowest BCUT2D eigenvalue weighted by Gasteiger charge is -2.32. The number of rotatable bonds is 0. The van der Waals surface area contributed by atoms with E-state index in [2.05, 4.69) is 5.32 Å². The summed E-state index contributed by atoms with van der Waals surface area (Å²) in [6, 6.07) is -0.266. The lowest BCUT2D eigenvalue weighted by Crippen LogP contribution is -2.55. The summed E-state index contributed by atoms with van der Waals surface area (Å²) < 4.78 is 0. The first-order valence-corrected chi connectivity index (χ1v) is 4.10. The van der Waals surface area contributed by atoms with Crippen LogP contribution in [0.5, 0.6) is 0 Å². The predicted octanol–water partition coefficient (Wildman–Crippen LogP) is -0.929. The summed E-state index contributed by atoms with van der Waals surface area (Å²) in [7, 11) is 0. The second-order valence-corrected chi connectivity index (χ2v) is 3.37. The molecule has 0 radical (unpaired) electrons. The van der Waals surface area contributed by atoms with Crippen LogP contribution in [0.1, 0.15) is 6.42 Å². The van der Waals surface area contributed by atoms with Gasteiger partial charge in [-0.2, -0.15) is 0 Å². The maximum atomic E-state index is 10.7. The van der Waals surface area contributed by atoms with Crippen molar-refractivity contribution in [2.24, 2.45) is 0 Å². The van der Waals surface area contributed by atoms with Gasteiger partial charge in [-0.25, -0.2) is 4.79 Å². The van der Waals surface area contributed by atoms with E-state index >= 15 is 0 Å². The van der Waals surface area contributed by atoms with Gasteiger partial charge in [0.2, 0.25) is 0 Å². The normalized spacial score (nSPS) is 40.1. The fourth-order valence-corrected chi connectivity index (χ4v) is 2.12. The third-order valence-corrected chi connectivity index (χ3v) is 2.66. The Kier molecular flexibility index (Phi) is 1.69. The molecule has 68 valence electrons. The first kappa shape index (κ1) is 7.82. The number of piperazine rings is 1. The molecule has 0 aromatic carbocycles. The van der Waals surface area contributed by atoms with Crippen LogP contribution in [-0.2, 0) is 0 Å². The van der Waals surface area contributed by atoms with E-state index in [1.807, 2.05) is 0 Å². The third kappa shape index (κ3) is 0.971. The van der Waals surface area contributed by atoms with Gasteiger partial charge in [0.05, 0.1) is 18.2 Å². The molecular formula is C7H12N2O3. The van der Waals surface area contributed by atoms with Gasteiger partial charge in [-0.3, -0.25) is 4.90 Å². The molecule has 5 heteroatoms. The zero-order chi connectivity index (χ0) is 8.72. The fourth-order valence-electron chi connectivity index (χ4n) is 2.12. The smallest absolute Gasteiger partial charge is 0.407 e. The number of fused-ring (bicyclic) bond motifs is 2. The average Bonchev–Trinajstić information content (AvgIpc) is 2.20. The van der Waals surface area contributed by atoms with Crippen molar-refractivity contribution >= 4 is 6.09 Å². The SMILES string of the molecule is O=C(O)N1[C@H]2CNC[C@@H]1[C@@H](O)C2. The van der Waals surface area contributed by atoms with E-state index in [-0.39, 0.29) is 12.1 Å². The third-order valence-electron chi connectivity index (χ3n) is 2.66. The summed E-state index contributed by atoms with van der Waals surface area (Å²) in [6.07, 6.45) is -0.826. The van der Waals surface area contributed by atoms with E-state index < -0.39 is 12.2 Å². The molecule has 0 saturated carbocycles. The summed E-state index contributed by atoms with van der Waals surface area (Å²) in [4.78, 5) is 12.1. The number of amides is 1. The lowest BCUT2D eigenvalue weighted by atomic mass is 10.2. The first-order valence-electron chi connectivity index (χ1n) is 4.10. The van der Waals surface area contributed by atoms with Gasteiger partial charge in [-0.1, -0.05) is 0 Å². The Hall–Kier alpha value is -0.810. The van der Waals surface area contributed by atoms with Crippen molar-refractivity contribution < 1.29 is 15.0 Å². The highest BCUT2D eigenvalue weighted by atomic mass is 16.4. The largest absolute Gasteiger partial charge is 0.465 e. The molecule has 0 aromatic rings. The van der Waals surface area contributed by atoms with Crippen molar-refractivity contribution in [2.45, 2.75) is 24.6 Å². The molecule has 1 amide bonds. The molecular weight excluding hydrogens is 160 g/mol. The van der Waals surface area contributed by atoms with E-state index in [9.17, 15) is 9.90 Å². The Bertz CT molecular complexity index is 209. The molecule has 0 spiro atoms. The number of aliphatic hydroxyl groups is 1. The average molecular weight is 172 g/mol. The molecule has 0 aliphatic carbocycles. The highest BCUT2D eigenvalue weighted by Crippen LogP contribution is 2.26. The van der Waals surface area contributed by atoms with E-state index in [0.717, 1.165) is 0 Å². The van der Waals surface area contributed by atoms with Crippen LogP contribution in [0.3, 0.4) is 0 Å². The number of aliphatic hydroxyl groups excluding tert-OH is 1. The van der Waals surface area contributed by atoms with Crippen molar-refractivity contribution in [3.8, 4) is 0 Å². The molecule has 5 nitrogen and oxygen atoms in total. The van der Waals surface area contributed by atoms with Crippen LogP contribution in [0.2, 0.25) is 0 Å². The zero-order valence-corrected chi connectivity index (χ0v) is 6.60. The second kappa shape index (κ2) is 2.60. The van der Waals surface area contributed by atoms with E-state index in [0.29, 0.717) is 19.5 Å². The van der Waals surface area contributed by atoms with E-state index in [1.54, 1.807) is 0 Å². The lowest BCUT2D eigenvalue weighted by molar-refractivity contribution is 0.0808. The molecule has 0 unspecified atom stereocenters. The van der Waals surface area contributed by atoms with Crippen molar-refractivity contribution in [2.75, 3.05) is 13.1 Å².